The van der Waals surface area contributed by atoms with Gasteiger partial charge in [-0.3, -0.25) is 5.84 Å². The summed E-state index contributed by atoms with van der Waals surface area (Å²) in [5.41, 5.74) is 3.72. The van der Waals surface area contributed by atoms with Crippen molar-refractivity contribution in [1.82, 2.24) is 5.43 Å². The Morgan fingerprint density at radius 1 is 1.19 bits per heavy atom. The highest BCUT2D eigenvalue weighted by Crippen LogP contribution is 2.29. The number of sulfone groups is 1. The van der Waals surface area contributed by atoms with Crippen molar-refractivity contribution in [3.8, 4) is 0 Å². The summed E-state index contributed by atoms with van der Waals surface area (Å²) in [4.78, 5) is 0.201. The highest BCUT2D eigenvalue weighted by Gasteiger charge is 2.17. The van der Waals surface area contributed by atoms with Crippen LogP contribution in [0.3, 0.4) is 0 Å². The van der Waals surface area contributed by atoms with Gasteiger partial charge in [0, 0.05) is 11.3 Å². The normalized spacial score (nSPS) is 13.1. The monoisotopic (exact) mass is 328 g/mol. The van der Waals surface area contributed by atoms with Crippen molar-refractivity contribution < 1.29 is 12.8 Å². The average molecular weight is 329 g/mol. The van der Waals surface area contributed by atoms with Gasteiger partial charge in [0.2, 0.25) is 0 Å². The Bertz CT molecular complexity index is 748. The summed E-state index contributed by atoms with van der Waals surface area (Å²) in [6.07, 6.45) is 1.13. The minimum absolute atomic E-state index is 0.201. The molecule has 0 aliphatic heterocycles. The maximum Gasteiger partial charge on any atom is 0.175 e. The third kappa shape index (κ3) is 3.59. The molecule has 0 spiro atoms. The van der Waals surface area contributed by atoms with Gasteiger partial charge in [-0.15, -0.1) is 0 Å². The lowest BCUT2D eigenvalue weighted by molar-refractivity contribution is 0.601. The molecule has 2 aromatic rings. The SMILES string of the molecule is CS(=O)(=O)c1ccc(C(NN)c2cc(F)ccc2Cl)cc1. The fourth-order valence-electron chi connectivity index (χ4n) is 2.01. The zero-order valence-electron chi connectivity index (χ0n) is 11.2. The van der Waals surface area contributed by atoms with Crippen molar-refractivity contribution in [3.63, 3.8) is 0 Å². The van der Waals surface area contributed by atoms with E-state index in [1.807, 2.05) is 0 Å². The lowest BCUT2D eigenvalue weighted by atomic mass is 9.99. The molecule has 112 valence electrons. The van der Waals surface area contributed by atoms with E-state index in [9.17, 15) is 12.8 Å². The maximum atomic E-state index is 13.4. The summed E-state index contributed by atoms with van der Waals surface area (Å²) in [7, 11) is -3.27. The van der Waals surface area contributed by atoms with Gasteiger partial charge in [-0.25, -0.2) is 18.2 Å². The Balaban J connectivity index is 2.44. The van der Waals surface area contributed by atoms with Gasteiger partial charge >= 0.3 is 0 Å². The van der Waals surface area contributed by atoms with Crippen LogP contribution < -0.4 is 11.3 Å². The number of nitrogens with two attached hydrogens (primary N) is 1. The first-order valence-electron chi connectivity index (χ1n) is 6.04. The number of nitrogens with one attached hydrogen (secondary N) is 1. The number of rotatable bonds is 4. The van der Waals surface area contributed by atoms with E-state index in [2.05, 4.69) is 5.43 Å². The molecule has 0 heterocycles. The van der Waals surface area contributed by atoms with Crippen molar-refractivity contribution in [2.24, 2.45) is 5.84 Å². The predicted octanol–water partition coefficient (Wildman–Crippen LogP) is 2.44. The number of hydrazine groups is 1. The minimum Gasteiger partial charge on any atom is -0.271 e. The summed E-state index contributed by atoms with van der Waals surface area (Å²) in [6, 6.07) is 9.63. The van der Waals surface area contributed by atoms with Crippen LogP contribution in [0.15, 0.2) is 47.4 Å². The van der Waals surface area contributed by atoms with Crippen LogP contribution in [-0.4, -0.2) is 14.7 Å². The molecule has 0 amide bonds. The van der Waals surface area contributed by atoms with Crippen LogP contribution in [0.4, 0.5) is 4.39 Å². The molecule has 0 saturated carbocycles. The van der Waals surface area contributed by atoms with Crippen LogP contribution in [0.5, 0.6) is 0 Å². The van der Waals surface area contributed by atoms with Crippen LogP contribution in [-0.2, 0) is 9.84 Å². The van der Waals surface area contributed by atoms with Crippen LogP contribution in [0.2, 0.25) is 5.02 Å². The summed E-state index contributed by atoms with van der Waals surface area (Å²) < 4.78 is 36.3. The smallest absolute Gasteiger partial charge is 0.175 e. The average Bonchev–Trinajstić information content (AvgIpc) is 2.43. The Kier molecular flexibility index (Phi) is 4.63. The van der Waals surface area contributed by atoms with Crippen molar-refractivity contribution >= 4 is 21.4 Å². The fraction of sp³-hybridized carbons (Fsp3) is 0.143. The molecular weight excluding hydrogens is 315 g/mol. The van der Waals surface area contributed by atoms with Gasteiger partial charge in [0.25, 0.3) is 0 Å². The zero-order chi connectivity index (χ0) is 15.6. The zero-order valence-corrected chi connectivity index (χ0v) is 12.7. The summed E-state index contributed by atoms with van der Waals surface area (Å²) in [6.45, 7) is 0. The molecular formula is C14H14ClFN2O2S. The van der Waals surface area contributed by atoms with Gasteiger partial charge in [-0.2, -0.15) is 0 Å². The second-order valence-corrected chi connectivity index (χ2v) is 7.03. The number of benzene rings is 2. The van der Waals surface area contributed by atoms with E-state index in [1.54, 1.807) is 12.1 Å². The van der Waals surface area contributed by atoms with Crippen molar-refractivity contribution in [3.05, 3.63) is 64.4 Å². The van der Waals surface area contributed by atoms with Crippen LogP contribution >= 0.6 is 11.6 Å². The van der Waals surface area contributed by atoms with Gasteiger partial charge in [-0.05, 0) is 41.5 Å². The van der Waals surface area contributed by atoms with Crippen molar-refractivity contribution in [1.29, 1.82) is 0 Å². The standard InChI is InChI=1S/C14H14ClFN2O2S/c1-21(19,20)11-5-2-9(3-6-11)14(18-17)12-8-10(16)4-7-13(12)15/h2-8,14,18H,17H2,1H3. The van der Waals surface area contributed by atoms with E-state index in [-0.39, 0.29) is 4.90 Å². The summed E-state index contributed by atoms with van der Waals surface area (Å²) in [5.74, 6) is 5.10. The molecule has 4 nitrogen and oxygen atoms in total. The van der Waals surface area contributed by atoms with Gasteiger partial charge in [-0.1, -0.05) is 23.7 Å². The molecule has 0 saturated heterocycles. The fourth-order valence-corrected chi connectivity index (χ4v) is 2.87. The molecule has 1 unspecified atom stereocenters. The first-order valence-corrected chi connectivity index (χ1v) is 8.31. The van der Waals surface area contributed by atoms with Crippen molar-refractivity contribution in [2.75, 3.05) is 6.26 Å². The van der Waals surface area contributed by atoms with Crippen LogP contribution in [0.1, 0.15) is 17.2 Å². The quantitative estimate of drug-likeness (QED) is 0.668. The molecule has 0 radical (unpaired) electrons. The third-order valence-electron chi connectivity index (χ3n) is 3.08. The largest absolute Gasteiger partial charge is 0.271 e. The minimum atomic E-state index is -3.27. The Morgan fingerprint density at radius 2 is 1.81 bits per heavy atom. The highest BCUT2D eigenvalue weighted by atomic mass is 35.5. The molecule has 0 aromatic heterocycles. The Morgan fingerprint density at radius 3 is 2.33 bits per heavy atom. The highest BCUT2D eigenvalue weighted by molar-refractivity contribution is 7.90. The van der Waals surface area contributed by atoms with E-state index in [0.29, 0.717) is 16.1 Å². The molecule has 7 heteroatoms. The summed E-state index contributed by atoms with van der Waals surface area (Å²) >= 11 is 6.07. The lowest BCUT2D eigenvalue weighted by Gasteiger charge is -2.18. The molecule has 2 aromatic carbocycles. The maximum absolute atomic E-state index is 13.4. The van der Waals surface area contributed by atoms with E-state index < -0.39 is 21.7 Å². The molecule has 0 fully saturated rings. The molecule has 2 rings (SSSR count). The Hall–Kier alpha value is -1.47. The third-order valence-corrected chi connectivity index (χ3v) is 4.55. The second kappa shape index (κ2) is 6.11. The molecule has 0 aliphatic rings. The van der Waals surface area contributed by atoms with Gasteiger partial charge in [0.1, 0.15) is 5.82 Å². The van der Waals surface area contributed by atoms with E-state index >= 15 is 0 Å². The van der Waals surface area contributed by atoms with E-state index in [1.165, 1.54) is 30.3 Å². The lowest BCUT2D eigenvalue weighted by Crippen LogP contribution is -2.29. The number of hydrogen-bond acceptors (Lipinski definition) is 4. The van der Waals surface area contributed by atoms with E-state index in [0.717, 1.165) is 6.26 Å². The first kappa shape index (κ1) is 15.9. The molecule has 21 heavy (non-hydrogen) atoms. The van der Waals surface area contributed by atoms with Crippen LogP contribution in [0, 0.1) is 5.82 Å². The molecule has 3 N–H and O–H groups in total. The van der Waals surface area contributed by atoms with Crippen LogP contribution in [0.25, 0.3) is 0 Å². The molecule has 0 aliphatic carbocycles. The molecule has 1 atom stereocenters. The molecule has 0 bridgehead atoms. The number of halogens is 2. The van der Waals surface area contributed by atoms with Gasteiger partial charge < -0.3 is 0 Å². The van der Waals surface area contributed by atoms with Crippen molar-refractivity contribution in [2.45, 2.75) is 10.9 Å². The topological polar surface area (TPSA) is 72.2 Å². The first-order chi connectivity index (χ1) is 9.82. The van der Waals surface area contributed by atoms with Gasteiger partial charge in [0.15, 0.2) is 9.84 Å². The summed E-state index contributed by atoms with van der Waals surface area (Å²) in [5, 5.41) is 0.367. The second-order valence-electron chi connectivity index (χ2n) is 4.61. The van der Waals surface area contributed by atoms with Gasteiger partial charge in [0.05, 0.1) is 10.9 Å². The van der Waals surface area contributed by atoms with E-state index in [4.69, 9.17) is 17.4 Å². The predicted molar refractivity (Wildman–Crippen MR) is 80.1 cm³/mol. The number of hydrogen-bond donors (Lipinski definition) is 2. The Labute approximate surface area is 127 Å².